The fourth-order valence-electron chi connectivity index (χ4n) is 1.98. The summed E-state index contributed by atoms with van der Waals surface area (Å²) in [6.07, 6.45) is 2.90. The highest BCUT2D eigenvalue weighted by atomic mass is 32.2. The van der Waals surface area contributed by atoms with E-state index < -0.39 is 22.2 Å². The summed E-state index contributed by atoms with van der Waals surface area (Å²) in [6, 6.07) is -1.11. The number of rotatable bonds is 5. The van der Waals surface area contributed by atoms with Gasteiger partial charge in [0.1, 0.15) is 6.04 Å². The van der Waals surface area contributed by atoms with Gasteiger partial charge in [0.15, 0.2) is 0 Å². The van der Waals surface area contributed by atoms with Crippen LogP contribution in [0.15, 0.2) is 0 Å². The third kappa shape index (κ3) is 3.65. The minimum absolute atomic E-state index is 0.0625. The van der Waals surface area contributed by atoms with Gasteiger partial charge in [-0.15, -0.1) is 0 Å². The number of carboxylic acids is 1. The Labute approximate surface area is 102 Å². The predicted molar refractivity (Wildman–Crippen MR) is 63.8 cm³/mol. The van der Waals surface area contributed by atoms with Crippen molar-refractivity contribution in [3.63, 3.8) is 0 Å². The van der Waals surface area contributed by atoms with Crippen molar-refractivity contribution in [2.75, 3.05) is 6.54 Å². The SMILES string of the molecule is CC[C@@H](NS(=O)(=O)N1CCCCC1C)C(=O)O. The van der Waals surface area contributed by atoms with Crippen LogP contribution in [-0.4, -0.2) is 42.4 Å². The van der Waals surface area contributed by atoms with Crippen LogP contribution in [-0.2, 0) is 15.0 Å². The van der Waals surface area contributed by atoms with Gasteiger partial charge in [-0.3, -0.25) is 4.79 Å². The number of carboxylic acid groups (broad SMARTS) is 1. The van der Waals surface area contributed by atoms with E-state index in [1.807, 2.05) is 6.92 Å². The van der Waals surface area contributed by atoms with E-state index in [-0.39, 0.29) is 12.5 Å². The molecule has 0 amide bonds. The van der Waals surface area contributed by atoms with Crippen LogP contribution in [0.5, 0.6) is 0 Å². The summed E-state index contributed by atoms with van der Waals surface area (Å²) in [5, 5.41) is 8.86. The molecule has 100 valence electrons. The monoisotopic (exact) mass is 264 g/mol. The zero-order valence-corrected chi connectivity index (χ0v) is 11.0. The van der Waals surface area contributed by atoms with E-state index in [0.29, 0.717) is 6.54 Å². The van der Waals surface area contributed by atoms with Crippen molar-refractivity contribution >= 4 is 16.2 Å². The van der Waals surface area contributed by atoms with Gasteiger partial charge < -0.3 is 5.11 Å². The number of hydrogen-bond donors (Lipinski definition) is 2. The van der Waals surface area contributed by atoms with Crippen LogP contribution in [0.4, 0.5) is 0 Å². The first-order valence-corrected chi connectivity index (χ1v) is 7.34. The quantitative estimate of drug-likeness (QED) is 0.759. The van der Waals surface area contributed by atoms with Gasteiger partial charge in [0, 0.05) is 12.6 Å². The lowest BCUT2D eigenvalue weighted by atomic mass is 10.1. The maximum Gasteiger partial charge on any atom is 0.321 e. The van der Waals surface area contributed by atoms with Gasteiger partial charge in [0.25, 0.3) is 10.2 Å². The highest BCUT2D eigenvalue weighted by Gasteiger charge is 2.32. The zero-order valence-electron chi connectivity index (χ0n) is 10.2. The molecular formula is C10H20N2O4S. The van der Waals surface area contributed by atoms with Crippen LogP contribution in [0.1, 0.15) is 39.5 Å². The number of piperidine rings is 1. The molecule has 0 spiro atoms. The van der Waals surface area contributed by atoms with Crippen molar-refractivity contribution in [2.45, 2.75) is 51.6 Å². The fourth-order valence-corrected chi connectivity index (χ4v) is 3.70. The molecule has 0 aliphatic carbocycles. The molecule has 2 atom stereocenters. The highest BCUT2D eigenvalue weighted by molar-refractivity contribution is 7.87. The summed E-state index contributed by atoms with van der Waals surface area (Å²) < 4.78 is 27.6. The average Bonchev–Trinajstić information content (AvgIpc) is 2.26. The van der Waals surface area contributed by atoms with E-state index in [2.05, 4.69) is 4.72 Å². The lowest BCUT2D eigenvalue weighted by molar-refractivity contribution is -0.139. The molecule has 17 heavy (non-hydrogen) atoms. The Kier molecular flexibility index (Phi) is 4.91. The molecule has 1 aliphatic heterocycles. The number of aliphatic carboxylic acids is 1. The van der Waals surface area contributed by atoms with Crippen LogP contribution >= 0.6 is 0 Å². The summed E-state index contributed by atoms with van der Waals surface area (Å²) in [6.45, 7) is 3.95. The Bertz CT molecular complexity index is 369. The van der Waals surface area contributed by atoms with E-state index in [9.17, 15) is 13.2 Å². The second kappa shape index (κ2) is 5.79. The highest BCUT2D eigenvalue weighted by Crippen LogP contribution is 2.19. The molecule has 0 aromatic rings. The molecule has 1 rings (SSSR count). The Morgan fingerprint density at radius 1 is 1.53 bits per heavy atom. The van der Waals surface area contributed by atoms with Crippen molar-refractivity contribution < 1.29 is 18.3 Å². The Hall–Kier alpha value is -0.660. The van der Waals surface area contributed by atoms with E-state index in [0.717, 1.165) is 19.3 Å². The Morgan fingerprint density at radius 2 is 2.18 bits per heavy atom. The maximum absolute atomic E-state index is 12.0. The first-order chi connectivity index (χ1) is 7.88. The molecule has 0 aromatic heterocycles. The first-order valence-electron chi connectivity index (χ1n) is 5.90. The second-order valence-corrected chi connectivity index (χ2v) is 6.03. The van der Waals surface area contributed by atoms with Crippen LogP contribution in [0, 0.1) is 0 Å². The molecule has 7 heteroatoms. The third-order valence-corrected chi connectivity index (χ3v) is 4.79. The molecule has 6 nitrogen and oxygen atoms in total. The number of nitrogens with zero attached hydrogens (tertiary/aromatic N) is 1. The minimum atomic E-state index is -3.69. The van der Waals surface area contributed by atoms with Gasteiger partial charge in [-0.1, -0.05) is 13.3 Å². The molecule has 0 saturated carbocycles. The van der Waals surface area contributed by atoms with Gasteiger partial charge in [-0.2, -0.15) is 17.4 Å². The molecule has 1 heterocycles. The normalized spacial score (nSPS) is 24.5. The van der Waals surface area contributed by atoms with Crippen LogP contribution < -0.4 is 4.72 Å². The first kappa shape index (κ1) is 14.4. The molecule has 0 radical (unpaired) electrons. The average molecular weight is 264 g/mol. The smallest absolute Gasteiger partial charge is 0.321 e. The molecule has 1 fully saturated rings. The van der Waals surface area contributed by atoms with Crippen molar-refractivity contribution in [3.8, 4) is 0 Å². The van der Waals surface area contributed by atoms with Gasteiger partial charge in [-0.25, -0.2) is 0 Å². The van der Waals surface area contributed by atoms with E-state index >= 15 is 0 Å². The lowest BCUT2D eigenvalue weighted by Gasteiger charge is -2.32. The van der Waals surface area contributed by atoms with Gasteiger partial charge in [0.2, 0.25) is 0 Å². The standard InChI is InChI=1S/C10H20N2O4S/c1-3-9(10(13)14)11-17(15,16)12-7-5-4-6-8(12)2/h8-9,11H,3-7H2,1-2H3,(H,13,14)/t8?,9-/m1/s1. The summed E-state index contributed by atoms with van der Waals surface area (Å²) in [5.74, 6) is -1.14. The molecule has 0 aromatic carbocycles. The maximum atomic E-state index is 12.0. The van der Waals surface area contributed by atoms with Gasteiger partial charge in [0.05, 0.1) is 0 Å². The zero-order chi connectivity index (χ0) is 13.1. The van der Waals surface area contributed by atoms with Crippen LogP contribution in [0.3, 0.4) is 0 Å². The van der Waals surface area contributed by atoms with Crippen molar-refractivity contribution in [3.05, 3.63) is 0 Å². The summed E-state index contributed by atoms with van der Waals surface area (Å²) in [7, 11) is -3.69. The van der Waals surface area contributed by atoms with Crippen LogP contribution in [0.2, 0.25) is 0 Å². The summed E-state index contributed by atoms with van der Waals surface area (Å²) in [5.41, 5.74) is 0. The van der Waals surface area contributed by atoms with Crippen molar-refractivity contribution in [1.29, 1.82) is 0 Å². The topological polar surface area (TPSA) is 86.7 Å². The van der Waals surface area contributed by atoms with Crippen molar-refractivity contribution in [1.82, 2.24) is 9.03 Å². The van der Waals surface area contributed by atoms with Crippen molar-refractivity contribution in [2.24, 2.45) is 0 Å². The minimum Gasteiger partial charge on any atom is -0.480 e. The molecule has 1 unspecified atom stereocenters. The molecular weight excluding hydrogens is 244 g/mol. The molecule has 0 bridgehead atoms. The second-order valence-electron chi connectivity index (χ2n) is 4.38. The van der Waals surface area contributed by atoms with Gasteiger partial charge >= 0.3 is 5.97 Å². The number of carbonyl (C=O) groups is 1. The Balaban J connectivity index is 2.76. The predicted octanol–water partition coefficient (Wildman–Crippen LogP) is 0.558. The molecule has 1 saturated heterocycles. The van der Waals surface area contributed by atoms with Gasteiger partial charge in [-0.05, 0) is 26.2 Å². The fraction of sp³-hybridized carbons (Fsp3) is 0.900. The molecule has 1 aliphatic rings. The van der Waals surface area contributed by atoms with E-state index in [1.165, 1.54) is 4.31 Å². The van der Waals surface area contributed by atoms with E-state index in [4.69, 9.17) is 5.11 Å². The summed E-state index contributed by atoms with van der Waals surface area (Å²) >= 11 is 0. The van der Waals surface area contributed by atoms with Crippen LogP contribution in [0.25, 0.3) is 0 Å². The number of hydrogen-bond acceptors (Lipinski definition) is 3. The molecule has 2 N–H and O–H groups in total. The number of nitrogens with one attached hydrogen (secondary N) is 1. The Morgan fingerprint density at radius 3 is 2.65 bits per heavy atom. The summed E-state index contributed by atoms with van der Waals surface area (Å²) in [4.78, 5) is 10.8. The largest absolute Gasteiger partial charge is 0.480 e. The van der Waals surface area contributed by atoms with E-state index in [1.54, 1.807) is 6.92 Å². The lowest BCUT2D eigenvalue weighted by Crippen LogP contribution is -2.52. The third-order valence-electron chi connectivity index (χ3n) is 3.05.